The molecule has 2 aromatic heterocycles. The molecule has 1 amide bonds. The van der Waals surface area contributed by atoms with E-state index in [0.29, 0.717) is 17.4 Å². The van der Waals surface area contributed by atoms with Gasteiger partial charge in [0.15, 0.2) is 11.6 Å². The van der Waals surface area contributed by atoms with Crippen molar-refractivity contribution in [1.29, 1.82) is 0 Å². The van der Waals surface area contributed by atoms with Crippen molar-refractivity contribution in [1.82, 2.24) is 4.98 Å². The second kappa shape index (κ2) is 6.83. The first-order valence-corrected chi connectivity index (χ1v) is 7.85. The average Bonchev–Trinajstić information content (AvgIpc) is 3.02. The smallest absolute Gasteiger partial charge is 0.291 e. The van der Waals surface area contributed by atoms with Gasteiger partial charge in [-0.15, -0.1) is 0 Å². The molecule has 1 aliphatic heterocycles. The molecule has 0 spiro atoms. The Balaban J connectivity index is 1.76. The van der Waals surface area contributed by atoms with Crippen LogP contribution in [0.15, 0.2) is 35.1 Å². The van der Waals surface area contributed by atoms with Gasteiger partial charge in [0.1, 0.15) is 0 Å². The molecule has 1 saturated heterocycles. The van der Waals surface area contributed by atoms with Crippen LogP contribution < -0.4 is 10.2 Å². The molecule has 0 radical (unpaired) electrons. The summed E-state index contributed by atoms with van der Waals surface area (Å²) in [5, 5.41) is 12.1. The summed E-state index contributed by atoms with van der Waals surface area (Å²) < 4.78 is 5.24. The van der Waals surface area contributed by atoms with Crippen molar-refractivity contribution in [3.8, 4) is 0 Å². The number of piperidine rings is 1. The number of anilines is 2. The molecule has 3 heterocycles. The van der Waals surface area contributed by atoms with Gasteiger partial charge in [0.2, 0.25) is 0 Å². The van der Waals surface area contributed by atoms with Gasteiger partial charge in [0.05, 0.1) is 12.0 Å². The maximum absolute atomic E-state index is 12.3. The Bertz CT molecular complexity index is 675. The van der Waals surface area contributed by atoms with Crippen molar-refractivity contribution in [3.05, 3.63) is 42.0 Å². The van der Waals surface area contributed by atoms with Crippen LogP contribution in [0.5, 0.6) is 0 Å². The first-order chi connectivity index (χ1) is 11.2. The van der Waals surface area contributed by atoms with E-state index in [2.05, 4.69) is 15.2 Å². The molecule has 1 aliphatic rings. The summed E-state index contributed by atoms with van der Waals surface area (Å²) in [4.78, 5) is 18.9. The van der Waals surface area contributed by atoms with Gasteiger partial charge < -0.3 is 19.7 Å². The van der Waals surface area contributed by atoms with E-state index >= 15 is 0 Å². The normalized spacial score (nSPS) is 15.7. The van der Waals surface area contributed by atoms with E-state index in [1.165, 1.54) is 6.26 Å². The predicted molar refractivity (Wildman–Crippen MR) is 87.7 cm³/mol. The number of pyridine rings is 1. The van der Waals surface area contributed by atoms with Gasteiger partial charge in [-0.2, -0.15) is 0 Å². The van der Waals surface area contributed by atoms with Crippen LogP contribution >= 0.6 is 0 Å². The molecule has 6 heteroatoms. The van der Waals surface area contributed by atoms with E-state index in [1.807, 2.05) is 13.0 Å². The molecular formula is C17H21N3O3. The number of amides is 1. The van der Waals surface area contributed by atoms with Gasteiger partial charge >= 0.3 is 0 Å². The number of carbonyl (C=O) groups excluding carboxylic acids is 1. The quantitative estimate of drug-likeness (QED) is 0.906. The van der Waals surface area contributed by atoms with Crippen LogP contribution in [0.3, 0.4) is 0 Å². The molecule has 0 unspecified atom stereocenters. The lowest BCUT2D eigenvalue weighted by Crippen LogP contribution is -2.35. The first-order valence-electron chi connectivity index (χ1n) is 7.85. The van der Waals surface area contributed by atoms with Gasteiger partial charge in [0.25, 0.3) is 5.91 Å². The van der Waals surface area contributed by atoms with Gasteiger partial charge in [0, 0.05) is 31.5 Å². The molecule has 3 rings (SSSR count). The molecule has 0 aromatic carbocycles. The largest absolute Gasteiger partial charge is 0.459 e. The Hall–Kier alpha value is -2.34. The number of hydrogen-bond donors (Lipinski definition) is 2. The van der Waals surface area contributed by atoms with Crippen molar-refractivity contribution in [3.63, 3.8) is 0 Å². The number of nitrogens with zero attached hydrogens (tertiary/aromatic N) is 2. The van der Waals surface area contributed by atoms with Crippen LogP contribution in [0, 0.1) is 12.8 Å². The highest BCUT2D eigenvalue weighted by Crippen LogP contribution is 2.28. The van der Waals surface area contributed by atoms with Gasteiger partial charge in [-0.1, -0.05) is 0 Å². The monoisotopic (exact) mass is 315 g/mol. The fourth-order valence-corrected chi connectivity index (χ4v) is 2.86. The molecular weight excluding hydrogens is 294 g/mol. The third-order valence-electron chi connectivity index (χ3n) is 4.28. The minimum atomic E-state index is -0.271. The number of hydrogen-bond acceptors (Lipinski definition) is 5. The van der Waals surface area contributed by atoms with E-state index in [0.717, 1.165) is 37.3 Å². The molecule has 2 N–H and O–H groups in total. The van der Waals surface area contributed by atoms with Crippen molar-refractivity contribution < 1.29 is 14.3 Å². The van der Waals surface area contributed by atoms with Crippen LogP contribution in [0.25, 0.3) is 0 Å². The van der Waals surface area contributed by atoms with Gasteiger partial charge in [-0.3, -0.25) is 4.79 Å². The number of furan rings is 1. The van der Waals surface area contributed by atoms with Crippen LogP contribution in [0.1, 0.15) is 29.0 Å². The van der Waals surface area contributed by atoms with Crippen LogP contribution in [-0.4, -0.2) is 35.7 Å². The molecule has 2 aromatic rings. The molecule has 6 nitrogen and oxygen atoms in total. The summed E-state index contributed by atoms with van der Waals surface area (Å²) in [6.07, 6.45) is 5.09. The summed E-state index contributed by atoms with van der Waals surface area (Å²) in [5.41, 5.74) is 1.48. The Labute approximate surface area is 135 Å². The van der Waals surface area contributed by atoms with Crippen molar-refractivity contribution >= 4 is 17.4 Å². The summed E-state index contributed by atoms with van der Waals surface area (Å²) in [6.45, 7) is 3.72. The molecule has 0 aliphatic carbocycles. The number of nitrogens with one attached hydrogen (secondary N) is 1. The number of aromatic nitrogens is 1. The lowest BCUT2D eigenvalue weighted by molar-refractivity contribution is 0.0996. The maximum atomic E-state index is 12.3. The highest BCUT2D eigenvalue weighted by atomic mass is 16.3. The zero-order valence-electron chi connectivity index (χ0n) is 13.2. The standard InChI is InChI=1S/C17H21N3O3/c1-12-6-10-23-15(12)17(22)19-14-3-2-7-18-16(14)20-8-4-13(11-21)5-9-20/h2-3,6-7,10,13,21H,4-5,8-9,11H2,1H3,(H,19,22). The Morgan fingerprint density at radius 2 is 2.22 bits per heavy atom. The number of rotatable bonds is 4. The fraction of sp³-hybridized carbons (Fsp3) is 0.412. The summed E-state index contributed by atoms with van der Waals surface area (Å²) in [5.74, 6) is 1.17. The third kappa shape index (κ3) is 3.37. The summed E-state index contributed by atoms with van der Waals surface area (Å²) >= 11 is 0. The van der Waals surface area contributed by atoms with Crippen LogP contribution in [0.4, 0.5) is 11.5 Å². The predicted octanol–water partition coefficient (Wildman–Crippen LogP) is 2.44. The number of aliphatic hydroxyl groups excluding tert-OH is 1. The second-order valence-electron chi connectivity index (χ2n) is 5.87. The minimum absolute atomic E-state index is 0.234. The first kappa shape index (κ1) is 15.6. The van der Waals surface area contributed by atoms with Crippen molar-refractivity contribution in [2.75, 3.05) is 29.9 Å². The molecule has 0 atom stereocenters. The lowest BCUT2D eigenvalue weighted by Gasteiger charge is -2.33. The SMILES string of the molecule is Cc1ccoc1C(=O)Nc1cccnc1N1CCC(CO)CC1. The second-order valence-corrected chi connectivity index (χ2v) is 5.87. The fourth-order valence-electron chi connectivity index (χ4n) is 2.86. The number of carbonyl (C=O) groups is 1. The van der Waals surface area contributed by atoms with E-state index in [1.54, 1.807) is 18.3 Å². The van der Waals surface area contributed by atoms with Crippen molar-refractivity contribution in [2.45, 2.75) is 19.8 Å². The van der Waals surface area contributed by atoms with Crippen molar-refractivity contribution in [2.24, 2.45) is 5.92 Å². The molecule has 23 heavy (non-hydrogen) atoms. The number of aliphatic hydroxyl groups is 1. The highest BCUT2D eigenvalue weighted by molar-refractivity contribution is 6.04. The van der Waals surface area contributed by atoms with Crippen LogP contribution in [-0.2, 0) is 0 Å². The topological polar surface area (TPSA) is 78.6 Å². The highest BCUT2D eigenvalue weighted by Gasteiger charge is 2.22. The molecule has 122 valence electrons. The van der Waals surface area contributed by atoms with Crippen LogP contribution in [0.2, 0.25) is 0 Å². The molecule has 0 bridgehead atoms. The summed E-state index contributed by atoms with van der Waals surface area (Å²) in [6, 6.07) is 5.41. The Morgan fingerprint density at radius 1 is 1.43 bits per heavy atom. The number of aryl methyl sites for hydroxylation is 1. The summed E-state index contributed by atoms with van der Waals surface area (Å²) in [7, 11) is 0. The molecule has 1 fully saturated rings. The lowest BCUT2D eigenvalue weighted by atomic mass is 9.98. The van der Waals surface area contributed by atoms with E-state index < -0.39 is 0 Å². The van der Waals surface area contributed by atoms with Gasteiger partial charge in [-0.05, 0) is 43.9 Å². The van der Waals surface area contributed by atoms with Gasteiger partial charge in [-0.25, -0.2) is 4.98 Å². The zero-order valence-corrected chi connectivity index (χ0v) is 13.2. The van der Waals surface area contributed by atoms with E-state index in [-0.39, 0.29) is 12.5 Å². The Morgan fingerprint density at radius 3 is 2.87 bits per heavy atom. The average molecular weight is 315 g/mol. The van der Waals surface area contributed by atoms with E-state index in [4.69, 9.17) is 4.42 Å². The minimum Gasteiger partial charge on any atom is -0.459 e. The Kier molecular flexibility index (Phi) is 4.62. The van der Waals surface area contributed by atoms with E-state index in [9.17, 15) is 9.90 Å². The third-order valence-corrected chi connectivity index (χ3v) is 4.28. The maximum Gasteiger partial charge on any atom is 0.291 e. The molecule has 0 saturated carbocycles. The zero-order chi connectivity index (χ0) is 16.2.